The molecule has 2 aromatic heterocycles. The molecule has 7 heteroatoms. The van der Waals surface area contributed by atoms with Crippen molar-refractivity contribution in [1.82, 2.24) is 14.8 Å². The molecule has 0 spiro atoms. The summed E-state index contributed by atoms with van der Waals surface area (Å²) >= 11 is 12.1. The highest BCUT2D eigenvalue weighted by Gasteiger charge is 2.58. The summed E-state index contributed by atoms with van der Waals surface area (Å²) < 4.78 is 0.828. The topological polar surface area (TPSA) is 51.0 Å². The lowest BCUT2D eigenvalue weighted by molar-refractivity contribution is -0.119. The smallest absolute Gasteiger partial charge is 0.234 e. The fraction of sp³-hybridized carbons (Fsp3) is 0.438. The van der Waals surface area contributed by atoms with Gasteiger partial charge in [0, 0.05) is 25.4 Å². The molecular formula is C16H16Cl2N4O. The van der Waals surface area contributed by atoms with Crippen molar-refractivity contribution in [3.63, 3.8) is 0 Å². The van der Waals surface area contributed by atoms with Crippen LogP contribution in [-0.2, 0) is 18.3 Å². The molecule has 0 saturated heterocycles. The number of amides is 1. The van der Waals surface area contributed by atoms with Gasteiger partial charge in [0.15, 0.2) is 0 Å². The largest absolute Gasteiger partial charge is 0.296 e. The Kier molecular flexibility index (Phi) is 3.39. The van der Waals surface area contributed by atoms with E-state index in [1.165, 1.54) is 0 Å². The monoisotopic (exact) mass is 350 g/mol. The molecule has 0 bridgehead atoms. The van der Waals surface area contributed by atoms with Crippen molar-refractivity contribution in [2.24, 2.45) is 13.0 Å². The number of fused-ring (bicyclic) bond motifs is 1. The van der Waals surface area contributed by atoms with Crippen LogP contribution in [0.25, 0.3) is 11.3 Å². The third kappa shape index (κ3) is 2.62. The van der Waals surface area contributed by atoms with Crippen LogP contribution in [0.3, 0.4) is 0 Å². The molecular weight excluding hydrogens is 335 g/mol. The van der Waals surface area contributed by atoms with E-state index in [1.54, 1.807) is 15.8 Å². The molecule has 1 saturated carbocycles. The Morgan fingerprint density at radius 3 is 2.83 bits per heavy atom. The summed E-state index contributed by atoms with van der Waals surface area (Å²) in [4.78, 5) is 19.2. The number of carbonyl (C=O) groups is 1. The van der Waals surface area contributed by atoms with Crippen molar-refractivity contribution in [2.45, 2.75) is 23.6 Å². The average molecular weight is 351 g/mol. The molecule has 23 heavy (non-hydrogen) atoms. The summed E-state index contributed by atoms with van der Waals surface area (Å²) in [7, 11) is 1.87. The summed E-state index contributed by atoms with van der Waals surface area (Å²) in [6, 6.07) is 4.03. The van der Waals surface area contributed by atoms with Gasteiger partial charge in [-0.15, -0.1) is 23.2 Å². The van der Waals surface area contributed by atoms with Crippen LogP contribution < -0.4 is 4.90 Å². The summed E-state index contributed by atoms with van der Waals surface area (Å²) in [5, 5.41) is 4.18. The second kappa shape index (κ2) is 5.21. The minimum absolute atomic E-state index is 0.0215. The number of hydrogen-bond acceptors (Lipinski definition) is 3. The molecule has 0 aromatic carbocycles. The normalized spacial score (nSPS) is 21.9. The van der Waals surface area contributed by atoms with E-state index in [2.05, 4.69) is 5.10 Å². The molecule has 1 aliphatic heterocycles. The molecule has 3 heterocycles. The maximum Gasteiger partial charge on any atom is 0.234 e. The van der Waals surface area contributed by atoms with Crippen LogP contribution >= 0.6 is 23.2 Å². The van der Waals surface area contributed by atoms with Crippen molar-refractivity contribution < 1.29 is 4.79 Å². The first-order valence-corrected chi connectivity index (χ1v) is 8.39. The van der Waals surface area contributed by atoms with Gasteiger partial charge in [-0.05, 0) is 30.9 Å². The van der Waals surface area contributed by atoms with E-state index in [0.29, 0.717) is 13.0 Å². The van der Waals surface area contributed by atoms with Gasteiger partial charge in [0.05, 0.1) is 17.8 Å². The fourth-order valence-corrected chi connectivity index (χ4v) is 3.53. The SMILES string of the molecule is Cn1cc(-c2ccc3c(n2)N(C(=O)C2CC2(Cl)Cl)CCC3)cn1. The molecule has 4 rings (SSSR count). The van der Waals surface area contributed by atoms with Gasteiger partial charge in [-0.2, -0.15) is 5.10 Å². The standard InChI is InChI=1S/C16H16Cl2N4O/c1-21-9-11(8-19-21)13-5-4-10-3-2-6-22(14(10)20-13)15(23)12-7-16(12,17)18/h4-5,8-9,12H,2-3,6-7H2,1H3. The van der Waals surface area contributed by atoms with Crippen LogP contribution in [0.1, 0.15) is 18.4 Å². The van der Waals surface area contributed by atoms with Gasteiger partial charge in [-0.25, -0.2) is 4.98 Å². The average Bonchev–Trinajstić information content (AvgIpc) is 2.96. The zero-order valence-corrected chi connectivity index (χ0v) is 14.2. The lowest BCUT2D eigenvalue weighted by atomic mass is 10.0. The number of rotatable bonds is 2. The van der Waals surface area contributed by atoms with Gasteiger partial charge in [0.25, 0.3) is 0 Å². The van der Waals surface area contributed by atoms with Gasteiger partial charge in [0.2, 0.25) is 5.91 Å². The zero-order chi connectivity index (χ0) is 16.2. The van der Waals surface area contributed by atoms with Gasteiger partial charge < -0.3 is 0 Å². The third-order valence-corrected chi connectivity index (χ3v) is 5.27. The predicted octanol–water partition coefficient (Wildman–Crippen LogP) is 2.96. The quantitative estimate of drug-likeness (QED) is 0.782. The minimum atomic E-state index is -0.907. The highest BCUT2D eigenvalue weighted by Crippen LogP contribution is 2.54. The van der Waals surface area contributed by atoms with Crippen LogP contribution in [0.2, 0.25) is 0 Å². The van der Waals surface area contributed by atoms with Crippen LogP contribution in [0.4, 0.5) is 5.82 Å². The summed E-state index contributed by atoms with van der Waals surface area (Å²) in [5.41, 5.74) is 2.84. The molecule has 1 atom stereocenters. The highest BCUT2D eigenvalue weighted by molar-refractivity contribution is 6.52. The lowest BCUT2D eigenvalue weighted by Gasteiger charge is -2.29. The fourth-order valence-electron chi connectivity index (χ4n) is 3.04. The molecule has 1 fully saturated rings. The number of anilines is 1. The minimum Gasteiger partial charge on any atom is -0.296 e. The number of alkyl halides is 2. The van der Waals surface area contributed by atoms with Crippen LogP contribution in [0, 0.1) is 5.92 Å². The predicted molar refractivity (Wildman–Crippen MR) is 89.7 cm³/mol. The number of aryl methyl sites for hydroxylation is 2. The maximum absolute atomic E-state index is 12.7. The highest BCUT2D eigenvalue weighted by atomic mass is 35.5. The number of pyridine rings is 1. The first-order valence-electron chi connectivity index (χ1n) is 7.64. The van der Waals surface area contributed by atoms with E-state index < -0.39 is 4.33 Å². The third-order valence-electron chi connectivity index (χ3n) is 4.43. The Balaban J connectivity index is 1.70. The molecule has 2 aliphatic rings. The first kappa shape index (κ1) is 15.0. The van der Waals surface area contributed by atoms with E-state index in [-0.39, 0.29) is 11.8 Å². The molecule has 0 radical (unpaired) electrons. The number of nitrogens with zero attached hydrogens (tertiary/aromatic N) is 4. The number of halogens is 2. The molecule has 1 aliphatic carbocycles. The van der Waals surface area contributed by atoms with Gasteiger partial charge in [-0.1, -0.05) is 6.07 Å². The van der Waals surface area contributed by atoms with E-state index in [1.807, 2.05) is 25.4 Å². The van der Waals surface area contributed by atoms with Crippen molar-refractivity contribution in [3.05, 3.63) is 30.1 Å². The van der Waals surface area contributed by atoms with Gasteiger partial charge in [-0.3, -0.25) is 14.4 Å². The molecule has 1 amide bonds. The number of carbonyl (C=O) groups excluding carboxylic acids is 1. The first-order chi connectivity index (χ1) is 11.0. The second-order valence-corrected chi connectivity index (χ2v) is 7.74. The number of aromatic nitrogens is 3. The van der Waals surface area contributed by atoms with E-state index >= 15 is 0 Å². The summed E-state index contributed by atoms with van der Waals surface area (Å²) in [5.74, 6) is 0.394. The van der Waals surface area contributed by atoms with Crippen molar-refractivity contribution in [1.29, 1.82) is 0 Å². The molecule has 1 unspecified atom stereocenters. The van der Waals surface area contributed by atoms with Gasteiger partial charge >= 0.3 is 0 Å². The molecule has 2 aromatic rings. The Morgan fingerprint density at radius 1 is 1.39 bits per heavy atom. The van der Waals surface area contributed by atoms with Crippen molar-refractivity contribution >= 4 is 34.9 Å². The van der Waals surface area contributed by atoms with Crippen LogP contribution in [0.15, 0.2) is 24.5 Å². The van der Waals surface area contributed by atoms with E-state index in [0.717, 1.165) is 35.5 Å². The maximum atomic E-state index is 12.7. The molecule has 120 valence electrons. The summed E-state index contributed by atoms with van der Waals surface area (Å²) in [6.07, 6.45) is 6.05. The van der Waals surface area contributed by atoms with Gasteiger partial charge in [0.1, 0.15) is 10.2 Å². The molecule has 0 N–H and O–H groups in total. The van der Waals surface area contributed by atoms with E-state index in [4.69, 9.17) is 28.2 Å². The molecule has 5 nitrogen and oxygen atoms in total. The van der Waals surface area contributed by atoms with Crippen molar-refractivity contribution in [3.8, 4) is 11.3 Å². The Morgan fingerprint density at radius 2 is 2.17 bits per heavy atom. The van der Waals surface area contributed by atoms with Crippen molar-refractivity contribution in [2.75, 3.05) is 11.4 Å². The van der Waals surface area contributed by atoms with E-state index in [9.17, 15) is 4.79 Å². The Labute approximate surface area is 144 Å². The zero-order valence-electron chi connectivity index (χ0n) is 12.7. The van der Waals surface area contributed by atoms with Crippen LogP contribution in [0.5, 0.6) is 0 Å². The Hall–Kier alpha value is -1.59. The Bertz CT molecular complexity index is 786. The van der Waals surface area contributed by atoms with Crippen LogP contribution in [-0.4, -0.2) is 31.5 Å². The summed E-state index contributed by atoms with van der Waals surface area (Å²) in [6.45, 7) is 0.662. The second-order valence-electron chi connectivity index (χ2n) is 6.19. The lowest BCUT2D eigenvalue weighted by Crippen LogP contribution is -2.38. The number of hydrogen-bond donors (Lipinski definition) is 0.